The zero-order chi connectivity index (χ0) is 11.3. The van der Waals surface area contributed by atoms with Gasteiger partial charge in [-0.25, -0.2) is 0 Å². The van der Waals surface area contributed by atoms with Crippen molar-refractivity contribution in [2.24, 2.45) is 5.92 Å². The van der Waals surface area contributed by atoms with Gasteiger partial charge in [0.15, 0.2) is 0 Å². The van der Waals surface area contributed by atoms with Crippen LogP contribution in [0.15, 0.2) is 0 Å². The van der Waals surface area contributed by atoms with E-state index in [0.29, 0.717) is 6.42 Å². The standard InChI is InChI=1S/C10H18N2O3/c1-2-7(10(14)15)6-12-9(13)8-4-3-5-11-8/h7-8,11H,2-6H2,1H3,(H,12,13)(H,14,15). The van der Waals surface area contributed by atoms with Crippen LogP contribution in [0.4, 0.5) is 0 Å². The van der Waals surface area contributed by atoms with Gasteiger partial charge >= 0.3 is 5.97 Å². The van der Waals surface area contributed by atoms with Crippen LogP contribution < -0.4 is 10.6 Å². The average Bonchev–Trinajstić information content (AvgIpc) is 2.70. The zero-order valence-electron chi connectivity index (χ0n) is 8.95. The SMILES string of the molecule is CCC(CNC(=O)C1CCCN1)C(=O)O. The molecule has 1 amide bonds. The summed E-state index contributed by atoms with van der Waals surface area (Å²) in [6.07, 6.45) is 2.39. The number of carbonyl (C=O) groups is 2. The first kappa shape index (κ1) is 12.0. The number of carboxylic acid groups (broad SMARTS) is 1. The average molecular weight is 214 g/mol. The molecular formula is C10H18N2O3. The zero-order valence-corrected chi connectivity index (χ0v) is 8.95. The molecule has 0 saturated carbocycles. The van der Waals surface area contributed by atoms with Crippen LogP contribution >= 0.6 is 0 Å². The van der Waals surface area contributed by atoms with E-state index >= 15 is 0 Å². The first-order chi connectivity index (χ1) is 7.15. The van der Waals surface area contributed by atoms with E-state index in [0.717, 1.165) is 19.4 Å². The molecule has 0 radical (unpaired) electrons. The number of hydrogen-bond acceptors (Lipinski definition) is 3. The van der Waals surface area contributed by atoms with E-state index in [1.54, 1.807) is 6.92 Å². The molecule has 0 aliphatic carbocycles. The highest BCUT2D eigenvalue weighted by atomic mass is 16.4. The van der Waals surface area contributed by atoms with E-state index < -0.39 is 11.9 Å². The summed E-state index contributed by atoms with van der Waals surface area (Å²) in [6.45, 7) is 2.90. The lowest BCUT2D eigenvalue weighted by Crippen LogP contribution is -2.43. The minimum Gasteiger partial charge on any atom is -0.481 e. The molecule has 0 aromatic rings. The third-order valence-electron chi connectivity index (χ3n) is 2.74. The molecule has 0 bridgehead atoms. The van der Waals surface area contributed by atoms with Crippen molar-refractivity contribution in [3.05, 3.63) is 0 Å². The van der Waals surface area contributed by atoms with Gasteiger partial charge in [0.2, 0.25) is 5.91 Å². The number of carboxylic acids is 1. The van der Waals surface area contributed by atoms with Gasteiger partial charge in [0, 0.05) is 6.54 Å². The smallest absolute Gasteiger partial charge is 0.308 e. The highest BCUT2D eigenvalue weighted by Crippen LogP contribution is 2.05. The minimum absolute atomic E-state index is 0.0767. The summed E-state index contributed by atoms with van der Waals surface area (Å²) in [5.41, 5.74) is 0. The lowest BCUT2D eigenvalue weighted by atomic mass is 10.1. The van der Waals surface area contributed by atoms with Crippen molar-refractivity contribution in [3.63, 3.8) is 0 Å². The van der Waals surface area contributed by atoms with E-state index in [9.17, 15) is 9.59 Å². The quantitative estimate of drug-likeness (QED) is 0.600. The molecule has 1 saturated heterocycles. The number of carbonyl (C=O) groups excluding carboxylic acids is 1. The molecule has 2 atom stereocenters. The van der Waals surface area contributed by atoms with Crippen LogP contribution in [0.5, 0.6) is 0 Å². The summed E-state index contributed by atoms with van der Waals surface area (Å²) in [7, 11) is 0. The molecule has 1 aliphatic rings. The number of amides is 1. The molecule has 3 N–H and O–H groups in total. The van der Waals surface area contributed by atoms with E-state index in [4.69, 9.17) is 5.11 Å². The maximum Gasteiger partial charge on any atom is 0.308 e. The van der Waals surface area contributed by atoms with Crippen LogP contribution in [0, 0.1) is 5.92 Å². The van der Waals surface area contributed by atoms with Crippen LogP contribution in [-0.4, -0.2) is 36.1 Å². The number of nitrogens with one attached hydrogen (secondary N) is 2. The fourth-order valence-electron chi connectivity index (χ4n) is 1.66. The first-order valence-corrected chi connectivity index (χ1v) is 5.39. The van der Waals surface area contributed by atoms with Gasteiger partial charge in [-0.3, -0.25) is 9.59 Å². The summed E-state index contributed by atoms with van der Waals surface area (Å²) in [6, 6.07) is -0.128. The molecule has 15 heavy (non-hydrogen) atoms. The molecule has 1 rings (SSSR count). The normalized spacial score (nSPS) is 22.3. The van der Waals surface area contributed by atoms with Crippen LogP contribution in [0.2, 0.25) is 0 Å². The van der Waals surface area contributed by atoms with Crippen molar-refractivity contribution in [2.75, 3.05) is 13.1 Å². The molecule has 0 aromatic carbocycles. The summed E-state index contributed by atoms with van der Waals surface area (Å²) in [5, 5.41) is 14.5. The highest BCUT2D eigenvalue weighted by Gasteiger charge is 2.23. The number of hydrogen-bond donors (Lipinski definition) is 3. The van der Waals surface area contributed by atoms with E-state index in [1.165, 1.54) is 0 Å². The molecule has 1 heterocycles. The Balaban J connectivity index is 2.28. The molecule has 1 aliphatic heterocycles. The van der Waals surface area contributed by atoms with Gasteiger partial charge in [-0.15, -0.1) is 0 Å². The predicted molar refractivity (Wildman–Crippen MR) is 55.5 cm³/mol. The molecule has 1 fully saturated rings. The molecule has 86 valence electrons. The molecule has 5 nitrogen and oxygen atoms in total. The summed E-state index contributed by atoms with van der Waals surface area (Å²) >= 11 is 0. The van der Waals surface area contributed by atoms with Gasteiger partial charge in [-0.05, 0) is 25.8 Å². The molecular weight excluding hydrogens is 196 g/mol. The summed E-state index contributed by atoms with van der Waals surface area (Å²) in [5.74, 6) is -1.40. The second kappa shape index (κ2) is 5.70. The van der Waals surface area contributed by atoms with Crippen LogP contribution in [0.25, 0.3) is 0 Å². The van der Waals surface area contributed by atoms with Crippen LogP contribution in [0.1, 0.15) is 26.2 Å². The second-order valence-electron chi connectivity index (χ2n) is 3.84. The molecule has 2 unspecified atom stereocenters. The van der Waals surface area contributed by atoms with Crippen molar-refractivity contribution in [2.45, 2.75) is 32.2 Å². The predicted octanol–water partition coefficient (Wildman–Crippen LogP) is -0.0346. The van der Waals surface area contributed by atoms with Crippen molar-refractivity contribution in [1.82, 2.24) is 10.6 Å². The minimum atomic E-state index is -0.850. The largest absolute Gasteiger partial charge is 0.481 e. The number of aliphatic carboxylic acids is 1. The molecule has 5 heteroatoms. The fraction of sp³-hybridized carbons (Fsp3) is 0.800. The van der Waals surface area contributed by atoms with Crippen LogP contribution in [0.3, 0.4) is 0 Å². The lowest BCUT2D eigenvalue weighted by molar-refractivity contribution is -0.141. The Kier molecular flexibility index (Phi) is 4.55. The Morgan fingerprint density at radius 1 is 1.60 bits per heavy atom. The Labute approximate surface area is 89.2 Å². The maximum absolute atomic E-state index is 11.5. The maximum atomic E-state index is 11.5. The van der Waals surface area contributed by atoms with Crippen molar-refractivity contribution < 1.29 is 14.7 Å². The fourth-order valence-corrected chi connectivity index (χ4v) is 1.66. The summed E-state index contributed by atoms with van der Waals surface area (Å²) in [4.78, 5) is 22.2. The summed E-state index contributed by atoms with van der Waals surface area (Å²) < 4.78 is 0. The van der Waals surface area contributed by atoms with Crippen molar-refractivity contribution in [3.8, 4) is 0 Å². The first-order valence-electron chi connectivity index (χ1n) is 5.39. The van der Waals surface area contributed by atoms with Gasteiger partial charge < -0.3 is 15.7 Å². The second-order valence-corrected chi connectivity index (χ2v) is 3.84. The van der Waals surface area contributed by atoms with Gasteiger partial charge in [-0.1, -0.05) is 6.92 Å². The lowest BCUT2D eigenvalue weighted by Gasteiger charge is -2.14. The van der Waals surface area contributed by atoms with E-state index in [2.05, 4.69) is 10.6 Å². The van der Waals surface area contributed by atoms with Gasteiger partial charge in [0.25, 0.3) is 0 Å². The Morgan fingerprint density at radius 3 is 2.80 bits per heavy atom. The van der Waals surface area contributed by atoms with Crippen molar-refractivity contribution in [1.29, 1.82) is 0 Å². The molecule has 0 spiro atoms. The van der Waals surface area contributed by atoms with Crippen LogP contribution in [-0.2, 0) is 9.59 Å². The van der Waals surface area contributed by atoms with Crippen molar-refractivity contribution >= 4 is 11.9 Å². The van der Waals surface area contributed by atoms with E-state index in [1.807, 2.05) is 0 Å². The Morgan fingerprint density at radius 2 is 2.33 bits per heavy atom. The van der Waals surface area contributed by atoms with Gasteiger partial charge in [0.1, 0.15) is 0 Å². The van der Waals surface area contributed by atoms with Gasteiger partial charge in [0.05, 0.1) is 12.0 Å². The topological polar surface area (TPSA) is 78.4 Å². The third-order valence-corrected chi connectivity index (χ3v) is 2.74. The molecule has 0 aromatic heterocycles. The van der Waals surface area contributed by atoms with E-state index in [-0.39, 0.29) is 18.5 Å². The highest BCUT2D eigenvalue weighted by molar-refractivity contribution is 5.82. The Bertz CT molecular complexity index is 237. The Hall–Kier alpha value is -1.10. The number of rotatable bonds is 5. The van der Waals surface area contributed by atoms with Gasteiger partial charge in [-0.2, -0.15) is 0 Å². The third kappa shape index (κ3) is 3.51. The monoisotopic (exact) mass is 214 g/mol.